The van der Waals surface area contributed by atoms with Gasteiger partial charge in [0, 0.05) is 11.6 Å². The van der Waals surface area contributed by atoms with Gasteiger partial charge in [0.2, 0.25) is 5.82 Å². The van der Waals surface area contributed by atoms with Crippen molar-refractivity contribution < 1.29 is 22.0 Å². The molecule has 0 atom stereocenters. The number of benzene rings is 1. The number of aromatic nitrogens is 2. The first kappa shape index (κ1) is 13.2. The van der Waals surface area contributed by atoms with Crippen molar-refractivity contribution >= 4 is 0 Å². The van der Waals surface area contributed by atoms with Crippen LogP contribution in [0.15, 0.2) is 29.1 Å². The van der Waals surface area contributed by atoms with Crippen LogP contribution in [0.2, 0.25) is 0 Å². The number of rotatable bonds is 1. The predicted molar refractivity (Wildman–Crippen MR) is 55.2 cm³/mol. The molecule has 8 heteroatoms. The highest BCUT2D eigenvalue weighted by Crippen LogP contribution is 2.27. The normalized spacial score (nSPS) is 11.6. The van der Waals surface area contributed by atoms with Crippen LogP contribution in [0.25, 0.3) is 11.3 Å². The number of halogens is 5. The monoisotopic (exact) mass is 276 g/mol. The maximum Gasteiger partial charge on any atom is 0.449 e. The summed E-state index contributed by atoms with van der Waals surface area (Å²) in [7, 11) is 0. The maximum absolute atomic E-state index is 13.4. The Labute approximate surface area is 102 Å². The first-order chi connectivity index (χ1) is 8.77. The molecular weight excluding hydrogens is 271 g/mol. The standard InChI is InChI=1S/C11H5F5N2O/c12-5-1-2-7(13)6(3-5)8-4-9(19)18-10(17-8)11(14,15)16/h1-4H,(H,17,18,19). The van der Waals surface area contributed by atoms with Gasteiger partial charge in [-0.2, -0.15) is 13.2 Å². The first-order valence-corrected chi connectivity index (χ1v) is 4.91. The Kier molecular flexibility index (Phi) is 3.09. The zero-order chi connectivity index (χ0) is 14.2. The lowest BCUT2D eigenvalue weighted by Crippen LogP contribution is -2.19. The van der Waals surface area contributed by atoms with Crippen LogP contribution in [-0.2, 0) is 6.18 Å². The fourth-order valence-corrected chi connectivity index (χ4v) is 1.42. The maximum atomic E-state index is 13.4. The van der Waals surface area contributed by atoms with E-state index in [9.17, 15) is 26.7 Å². The molecule has 1 aromatic heterocycles. The molecule has 1 aromatic carbocycles. The lowest BCUT2D eigenvalue weighted by molar-refractivity contribution is -0.145. The van der Waals surface area contributed by atoms with Gasteiger partial charge in [0.05, 0.1) is 5.69 Å². The molecule has 1 N–H and O–H groups in total. The van der Waals surface area contributed by atoms with Crippen molar-refractivity contribution in [3.8, 4) is 11.3 Å². The van der Waals surface area contributed by atoms with E-state index in [2.05, 4.69) is 4.98 Å². The number of alkyl halides is 3. The van der Waals surface area contributed by atoms with E-state index >= 15 is 0 Å². The van der Waals surface area contributed by atoms with Gasteiger partial charge in [-0.1, -0.05) is 0 Å². The molecule has 0 saturated heterocycles. The molecule has 0 radical (unpaired) electrons. The van der Waals surface area contributed by atoms with Crippen molar-refractivity contribution in [1.29, 1.82) is 0 Å². The molecule has 2 rings (SSSR count). The molecule has 0 aliphatic heterocycles. The lowest BCUT2D eigenvalue weighted by Gasteiger charge is -2.08. The van der Waals surface area contributed by atoms with Crippen LogP contribution in [0.1, 0.15) is 5.82 Å². The van der Waals surface area contributed by atoms with E-state index in [4.69, 9.17) is 0 Å². The molecule has 0 fully saturated rings. The highest BCUT2D eigenvalue weighted by molar-refractivity contribution is 5.59. The minimum absolute atomic E-state index is 0.517. The summed E-state index contributed by atoms with van der Waals surface area (Å²) in [5.41, 5.74) is -2.22. The molecule has 0 aliphatic rings. The van der Waals surface area contributed by atoms with Crippen molar-refractivity contribution in [2.75, 3.05) is 0 Å². The summed E-state index contributed by atoms with van der Waals surface area (Å²) in [5, 5.41) is 0. The number of H-pyrrole nitrogens is 1. The highest BCUT2D eigenvalue weighted by atomic mass is 19.4. The first-order valence-electron chi connectivity index (χ1n) is 4.91. The van der Waals surface area contributed by atoms with Crippen LogP contribution >= 0.6 is 0 Å². The molecule has 0 unspecified atom stereocenters. The third-order valence-electron chi connectivity index (χ3n) is 2.21. The van der Waals surface area contributed by atoms with E-state index in [0.29, 0.717) is 12.1 Å². The van der Waals surface area contributed by atoms with Crippen molar-refractivity contribution in [3.63, 3.8) is 0 Å². The summed E-state index contributed by atoms with van der Waals surface area (Å²) >= 11 is 0. The third-order valence-corrected chi connectivity index (χ3v) is 2.21. The Morgan fingerprint density at radius 2 is 1.79 bits per heavy atom. The van der Waals surface area contributed by atoms with Gasteiger partial charge in [0.25, 0.3) is 5.56 Å². The molecule has 0 spiro atoms. The van der Waals surface area contributed by atoms with Crippen LogP contribution < -0.4 is 5.56 Å². The van der Waals surface area contributed by atoms with Crippen LogP contribution in [0.5, 0.6) is 0 Å². The van der Waals surface area contributed by atoms with Crippen LogP contribution in [0, 0.1) is 11.6 Å². The summed E-state index contributed by atoms with van der Waals surface area (Å²) in [6.45, 7) is 0. The molecule has 100 valence electrons. The van der Waals surface area contributed by atoms with Gasteiger partial charge in [-0.15, -0.1) is 0 Å². The predicted octanol–water partition coefficient (Wildman–Crippen LogP) is 2.73. The number of hydrogen-bond acceptors (Lipinski definition) is 2. The van der Waals surface area contributed by atoms with Crippen molar-refractivity contribution in [1.82, 2.24) is 9.97 Å². The quantitative estimate of drug-likeness (QED) is 0.814. The van der Waals surface area contributed by atoms with Crippen molar-refractivity contribution in [2.45, 2.75) is 6.18 Å². The zero-order valence-electron chi connectivity index (χ0n) is 9.05. The third kappa shape index (κ3) is 2.78. The van der Waals surface area contributed by atoms with E-state index < -0.39 is 40.5 Å². The zero-order valence-corrected chi connectivity index (χ0v) is 9.05. The van der Waals surface area contributed by atoms with Crippen LogP contribution in [0.3, 0.4) is 0 Å². The average molecular weight is 276 g/mol. The Balaban J connectivity index is 2.66. The van der Waals surface area contributed by atoms with Crippen molar-refractivity contribution in [3.05, 3.63) is 52.1 Å². The van der Waals surface area contributed by atoms with Gasteiger partial charge < -0.3 is 4.98 Å². The van der Waals surface area contributed by atoms with E-state index in [0.717, 1.165) is 12.1 Å². The van der Waals surface area contributed by atoms with Gasteiger partial charge in [0.1, 0.15) is 11.6 Å². The molecule has 0 bridgehead atoms. The molecule has 19 heavy (non-hydrogen) atoms. The highest BCUT2D eigenvalue weighted by Gasteiger charge is 2.34. The molecular formula is C11H5F5N2O. The van der Waals surface area contributed by atoms with E-state index in [1.165, 1.54) is 4.98 Å². The summed E-state index contributed by atoms with van der Waals surface area (Å²) in [5.74, 6) is -3.40. The van der Waals surface area contributed by atoms with Gasteiger partial charge in [0.15, 0.2) is 0 Å². The van der Waals surface area contributed by atoms with Gasteiger partial charge in [-0.25, -0.2) is 13.8 Å². The van der Waals surface area contributed by atoms with Crippen molar-refractivity contribution in [2.24, 2.45) is 0 Å². The Bertz CT molecular complexity index is 678. The molecule has 0 saturated carbocycles. The molecule has 0 aliphatic carbocycles. The van der Waals surface area contributed by atoms with Crippen LogP contribution in [0.4, 0.5) is 22.0 Å². The summed E-state index contributed by atoms with van der Waals surface area (Å²) in [6, 6.07) is 2.86. The minimum atomic E-state index is -4.89. The number of nitrogens with one attached hydrogen (secondary N) is 1. The van der Waals surface area contributed by atoms with E-state index in [-0.39, 0.29) is 0 Å². The second kappa shape index (κ2) is 4.45. The van der Waals surface area contributed by atoms with Gasteiger partial charge >= 0.3 is 6.18 Å². The minimum Gasteiger partial charge on any atom is -0.303 e. The summed E-state index contributed by atoms with van der Waals surface area (Å²) in [4.78, 5) is 15.7. The van der Waals surface area contributed by atoms with E-state index in [1.54, 1.807) is 0 Å². The molecule has 3 nitrogen and oxygen atoms in total. The Morgan fingerprint density at radius 3 is 2.42 bits per heavy atom. The van der Waals surface area contributed by atoms with Crippen LogP contribution in [-0.4, -0.2) is 9.97 Å². The number of aromatic amines is 1. The molecule has 0 amide bonds. The molecule has 2 aromatic rings. The smallest absolute Gasteiger partial charge is 0.303 e. The fraction of sp³-hybridized carbons (Fsp3) is 0.0909. The summed E-state index contributed by atoms with van der Waals surface area (Å²) < 4.78 is 63.7. The SMILES string of the molecule is O=c1cc(-c2cc(F)ccc2F)nc(C(F)(F)F)[nH]1. The van der Waals surface area contributed by atoms with E-state index in [1.807, 2.05) is 0 Å². The fourth-order valence-electron chi connectivity index (χ4n) is 1.42. The Hall–Kier alpha value is -2.25. The largest absolute Gasteiger partial charge is 0.449 e. The van der Waals surface area contributed by atoms with Gasteiger partial charge in [-0.05, 0) is 18.2 Å². The van der Waals surface area contributed by atoms with Gasteiger partial charge in [-0.3, -0.25) is 4.79 Å². The lowest BCUT2D eigenvalue weighted by atomic mass is 10.1. The second-order valence-corrected chi connectivity index (χ2v) is 3.60. The second-order valence-electron chi connectivity index (χ2n) is 3.60. The summed E-state index contributed by atoms with van der Waals surface area (Å²) in [6.07, 6.45) is -4.89. The number of nitrogens with zero attached hydrogens (tertiary/aromatic N) is 1. The Morgan fingerprint density at radius 1 is 1.11 bits per heavy atom. The average Bonchev–Trinajstić information content (AvgIpc) is 2.30. The number of hydrogen-bond donors (Lipinski definition) is 1. The topological polar surface area (TPSA) is 45.8 Å². The molecule has 1 heterocycles.